The molecule has 37 heavy (non-hydrogen) atoms. The first-order chi connectivity index (χ1) is 17.9. The van der Waals surface area contributed by atoms with E-state index in [0.717, 1.165) is 42.2 Å². The maximum atomic E-state index is 12.0. The Labute approximate surface area is 219 Å². The summed E-state index contributed by atoms with van der Waals surface area (Å²) in [6.45, 7) is 9.81. The summed E-state index contributed by atoms with van der Waals surface area (Å²) in [5.74, 6) is 0.779. The van der Waals surface area contributed by atoms with Crippen molar-refractivity contribution in [1.29, 1.82) is 0 Å². The molecule has 0 fully saturated rings. The number of allylic oxidation sites excluding steroid dienone is 1. The van der Waals surface area contributed by atoms with Crippen molar-refractivity contribution in [2.75, 3.05) is 32.2 Å². The van der Waals surface area contributed by atoms with Crippen LogP contribution in [0.4, 0.5) is 11.4 Å². The number of anilines is 2. The van der Waals surface area contributed by atoms with E-state index in [0.29, 0.717) is 17.9 Å². The number of hydrogen-bond donors (Lipinski definition) is 0. The van der Waals surface area contributed by atoms with E-state index in [1.165, 1.54) is 18.2 Å². The number of fused-ring (bicyclic) bond motifs is 1. The highest BCUT2D eigenvalue weighted by molar-refractivity contribution is 5.90. The van der Waals surface area contributed by atoms with Crippen LogP contribution in [0.2, 0.25) is 0 Å². The molecule has 0 amide bonds. The Morgan fingerprint density at radius 3 is 2.62 bits per heavy atom. The molecule has 0 N–H and O–H groups in total. The van der Waals surface area contributed by atoms with Gasteiger partial charge in [-0.3, -0.25) is 4.98 Å². The Balaban J connectivity index is 1.55. The summed E-state index contributed by atoms with van der Waals surface area (Å²) in [4.78, 5) is 20.7. The summed E-state index contributed by atoms with van der Waals surface area (Å²) in [7, 11) is 3.45. The van der Waals surface area contributed by atoms with E-state index in [9.17, 15) is 4.79 Å². The SMILES string of the molecule is C=C(c1cc(C(=O)OC)ccn1)N(/C=C\C)CC1CCOc2cc(N(C)c3ccc(CC)cc3)ccc21. The van der Waals surface area contributed by atoms with Gasteiger partial charge in [0.05, 0.1) is 30.7 Å². The average Bonchev–Trinajstić information content (AvgIpc) is 2.95. The van der Waals surface area contributed by atoms with E-state index >= 15 is 0 Å². The lowest BCUT2D eigenvalue weighted by molar-refractivity contribution is 0.0600. The van der Waals surface area contributed by atoms with Crippen LogP contribution in [0.25, 0.3) is 5.70 Å². The molecular formula is C31H35N3O3. The van der Waals surface area contributed by atoms with Crippen molar-refractivity contribution in [2.24, 2.45) is 0 Å². The topological polar surface area (TPSA) is 54.9 Å². The molecule has 1 atom stereocenters. The van der Waals surface area contributed by atoms with Crippen molar-refractivity contribution in [1.82, 2.24) is 9.88 Å². The van der Waals surface area contributed by atoms with Gasteiger partial charge in [-0.25, -0.2) is 4.79 Å². The summed E-state index contributed by atoms with van der Waals surface area (Å²) in [6, 6.07) is 18.5. The molecule has 0 saturated heterocycles. The Morgan fingerprint density at radius 1 is 1.16 bits per heavy atom. The van der Waals surface area contributed by atoms with E-state index in [2.05, 4.69) is 77.8 Å². The van der Waals surface area contributed by atoms with Gasteiger partial charge in [0.2, 0.25) is 0 Å². The number of nitrogens with zero attached hydrogens (tertiary/aromatic N) is 3. The van der Waals surface area contributed by atoms with E-state index in [-0.39, 0.29) is 5.92 Å². The van der Waals surface area contributed by atoms with Crippen molar-refractivity contribution in [3.63, 3.8) is 0 Å². The highest BCUT2D eigenvalue weighted by Gasteiger charge is 2.25. The minimum atomic E-state index is -0.394. The molecule has 6 nitrogen and oxygen atoms in total. The zero-order valence-corrected chi connectivity index (χ0v) is 22.1. The second-order valence-electron chi connectivity index (χ2n) is 9.14. The van der Waals surface area contributed by atoms with E-state index in [1.54, 1.807) is 18.3 Å². The minimum Gasteiger partial charge on any atom is -0.493 e. The Kier molecular flexibility index (Phi) is 8.29. The second kappa shape index (κ2) is 11.8. The normalized spacial score (nSPS) is 14.5. The first-order valence-corrected chi connectivity index (χ1v) is 12.7. The van der Waals surface area contributed by atoms with Gasteiger partial charge in [0.1, 0.15) is 5.75 Å². The molecule has 1 aromatic heterocycles. The monoisotopic (exact) mass is 497 g/mol. The van der Waals surface area contributed by atoms with Gasteiger partial charge in [0, 0.05) is 43.1 Å². The third-order valence-electron chi connectivity index (χ3n) is 6.85. The molecule has 0 spiro atoms. The Hall–Kier alpha value is -4.06. The highest BCUT2D eigenvalue weighted by Crippen LogP contribution is 2.39. The van der Waals surface area contributed by atoms with E-state index in [4.69, 9.17) is 9.47 Å². The van der Waals surface area contributed by atoms with Gasteiger partial charge in [-0.2, -0.15) is 0 Å². The lowest BCUT2D eigenvalue weighted by Crippen LogP contribution is -2.27. The molecule has 0 aliphatic carbocycles. The van der Waals surface area contributed by atoms with Crippen LogP contribution in [0.3, 0.4) is 0 Å². The summed E-state index contributed by atoms with van der Waals surface area (Å²) in [5, 5.41) is 0. The van der Waals surface area contributed by atoms with Gasteiger partial charge in [0.15, 0.2) is 0 Å². The zero-order chi connectivity index (χ0) is 26.4. The third-order valence-corrected chi connectivity index (χ3v) is 6.85. The lowest BCUT2D eigenvalue weighted by atomic mass is 9.92. The molecule has 2 aromatic carbocycles. The van der Waals surface area contributed by atoms with Crippen molar-refractivity contribution in [3.05, 3.63) is 102 Å². The van der Waals surface area contributed by atoms with Gasteiger partial charge >= 0.3 is 5.97 Å². The van der Waals surface area contributed by atoms with Crippen LogP contribution in [0, 0.1) is 0 Å². The van der Waals surface area contributed by atoms with Crippen LogP contribution in [-0.2, 0) is 11.2 Å². The van der Waals surface area contributed by atoms with Crippen LogP contribution in [0.15, 0.2) is 79.6 Å². The van der Waals surface area contributed by atoms with E-state index in [1.807, 2.05) is 19.2 Å². The molecule has 0 bridgehead atoms. The van der Waals surface area contributed by atoms with Crippen molar-refractivity contribution in [2.45, 2.75) is 32.6 Å². The Morgan fingerprint density at radius 2 is 1.92 bits per heavy atom. The molecule has 1 aliphatic rings. The van der Waals surface area contributed by atoms with Crippen molar-refractivity contribution < 1.29 is 14.3 Å². The molecule has 3 aromatic rings. The Bertz CT molecular complexity index is 1280. The molecule has 192 valence electrons. The maximum absolute atomic E-state index is 12.0. The first-order valence-electron chi connectivity index (χ1n) is 12.7. The molecule has 6 heteroatoms. The first kappa shape index (κ1) is 26.0. The predicted molar refractivity (Wildman–Crippen MR) is 149 cm³/mol. The minimum absolute atomic E-state index is 0.253. The maximum Gasteiger partial charge on any atom is 0.337 e. The van der Waals surface area contributed by atoms with Crippen LogP contribution in [0.1, 0.15) is 53.4 Å². The number of pyridine rings is 1. The highest BCUT2D eigenvalue weighted by atomic mass is 16.5. The third kappa shape index (κ3) is 5.85. The van der Waals surface area contributed by atoms with Gasteiger partial charge in [-0.15, -0.1) is 0 Å². The molecular weight excluding hydrogens is 462 g/mol. The zero-order valence-electron chi connectivity index (χ0n) is 22.1. The number of rotatable bonds is 9. The number of ether oxygens (including phenoxy) is 2. The molecule has 0 radical (unpaired) electrons. The largest absolute Gasteiger partial charge is 0.493 e. The molecule has 1 aliphatic heterocycles. The predicted octanol–water partition coefficient (Wildman–Crippen LogP) is 6.57. The van der Waals surface area contributed by atoms with Crippen LogP contribution in [-0.4, -0.2) is 43.2 Å². The standard InChI is InChI=1S/C31H35N3O3/c1-6-17-34(22(3)29-19-24(14-16-32-29)31(35)36-5)21-25-15-18-37-30-20-27(12-13-28(25)30)33(4)26-10-8-23(7-2)9-11-26/h6,8-14,16-17,19-20,25H,3,7,15,18,21H2,1-2,4-5H3/b17-6-. The quantitative estimate of drug-likeness (QED) is 0.312. The fourth-order valence-electron chi connectivity index (χ4n) is 4.61. The second-order valence-corrected chi connectivity index (χ2v) is 9.14. The van der Waals surface area contributed by atoms with E-state index < -0.39 is 5.97 Å². The number of methoxy groups -OCH3 is 1. The fourth-order valence-corrected chi connectivity index (χ4v) is 4.61. The van der Waals surface area contributed by atoms with Gasteiger partial charge in [-0.05, 0) is 67.4 Å². The number of aromatic nitrogens is 1. The average molecular weight is 498 g/mol. The number of aryl methyl sites for hydroxylation is 1. The summed E-state index contributed by atoms with van der Waals surface area (Å²) in [6.07, 6.45) is 7.53. The smallest absolute Gasteiger partial charge is 0.337 e. The lowest BCUT2D eigenvalue weighted by Gasteiger charge is -2.32. The molecule has 4 rings (SSSR count). The van der Waals surface area contributed by atoms with Crippen LogP contribution in [0.5, 0.6) is 5.75 Å². The van der Waals surface area contributed by atoms with Gasteiger partial charge in [0.25, 0.3) is 0 Å². The fraction of sp³-hybridized carbons (Fsp3) is 0.290. The summed E-state index contributed by atoms with van der Waals surface area (Å²) >= 11 is 0. The van der Waals surface area contributed by atoms with Crippen LogP contribution >= 0.6 is 0 Å². The van der Waals surface area contributed by atoms with Gasteiger partial charge in [-0.1, -0.05) is 37.8 Å². The number of hydrogen-bond acceptors (Lipinski definition) is 6. The molecule has 0 saturated carbocycles. The number of benzene rings is 2. The number of esters is 1. The summed E-state index contributed by atoms with van der Waals surface area (Å²) in [5.41, 5.74) is 6.55. The van der Waals surface area contributed by atoms with Crippen molar-refractivity contribution in [3.8, 4) is 5.75 Å². The number of carbonyl (C=O) groups is 1. The van der Waals surface area contributed by atoms with Gasteiger partial charge < -0.3 is 19.3 Å². The van der Waals surface area contributed by atoms with Crippen molar-refractivity contribution >= 4 is 23.0 Å². The number of carbonyl (C=O) groups excluding carboxylic acids is 1. The summed E-state index contributed by atoms with van der Waals surface area (Å²) < 4.78 is 11.0. The molecule has 1 unspecified atom stereocenters. The molecule has 2 heterocycles. The van der Waals surface area contributed by atoms with Crippen LogP contribution < -0.4 is 9.64 Å².